The van der Waals surface area contributed by atoms with E-state index in [0.29, 0.717) is 37.8 Å². The average molecular weight is 504 g/mol. The summed E-state index contributed by atoms with van der Waals surface area (Å²) < 4.78 is 51.2. The van der Waals surface area contributed by atoms with Gasteiger partial charge < -0.3 is 28.6 Å². The van der Waals surface area contributed by atoms with Crippen LogP contribution in [0.25, 0.3) is 0 Å². The minimum atomic E-state index is -1.32. The summed E-state index contributed by atoms with van der Waals surface area (Å²) >= 11 is 0. The molecule has 0 bridgehead atoms. The molecule has 1 aliphatic rings. The largest absolute Gasteiger partial charge is 0.493 e. The summed E-state index contributed by atoms with van der Waals surface area (Å²) in [4.78, 5) is 6.09. The molecule has 0 spiro atoms. The number of hydrogen-bond donors (Lipinski definition) is 1. The average Bonchev–Trinajstić information content (AvgIpc) is 3.32. The smallest absolute Gasteiger partial charge is 0.162 e. The minimum absolute atomic E-state index is 0.0718. The Morgan fingerprint density at radius 1 is 1.11 bits per heavy atom. The van der Waals surface area contributed by atoms with Crippen molar-refractivity contribution in [1.29, 1.82) is 0 Å². The number of hydrogen-bond acceptors (Lipinski definition) is 7. The normalized spacial score (nSPS) is 18.6. The number of imidazole rings is 1. The molecular weight excluding hydrogens is 472 g/mol. The van der Waals surface area contributed by atoms with Gasteiger partial charge in [-0.3, -0.25) is 4.90 Å². The standard InChI is InChI=1S/C26H31F2N3O5/c1-33-25-13-20(3-6-24(25)35-11-2-8-30-9-7-29-19-30)15-31-10-12-34-17-26(32,16-31)18-36-21-4-5-22(27)23(28)14-21/h3-7,9,13-14,19,32H,2,8,10-12,15-18H2,1H3. The van der Waals surface area contributed by atoms with E-state index in [-0.39, 0.29) is 25.5 Å². The maximum Gasteiger partial charge on any atom is 0.162 e. The molecule has 8 nitrogen and oxygen atoms in total. The number of aryl methyl sites for hydroxylation is 1. The predicted octanol–water partition coefficient (Wildman–Crippen LogP) is 3.28. The van der Waals surface area contributed by atoms with Crippen molar-refractivity contribution < 1.29 is 32.8 Å². The molecule has 36 heavy (non-hydrogen) atoms. The maximum atomic E-state index is 13.5. The molecule has 0 amide bonds. The monoisotopic (exact) mass is 503 g/mol. The van der Waals surface area contributed by atoms with Crippen LogP contribution in [0.5, 0.6) is 17.2 Å². The van der Waals surface area contributed by atoms with E-state index in [2.05, 4.69) is 9.88 Å². The van der Waals surface area contributed by atoms with Gasteiger partial charge in [0.25, 0.3) is 0 Å². The molecule has 1 N–H and O–H groups in total. The molecule has 1 atom stereocenters. The number of aliphatic hydroxyl groups is 1. The molecule has 1 aliphatic heterocycles. The van der Waals surface area contributed by atoms with E-state index in [1.165, 1.54) is 6.07 Å². The van der Waals surface area contributed by atoms with Crippen molar-refractivity contribution >= 4 is 0 Å². The molecule has 0 radical (unpaired) electrons. The lowest BCUT2D eigenvalue weighted by molar-refractivity contribution is -0.0647. The molecule has 1 aromatic heterocycles. The van der Waals surface area contributed by atoms with Gasteiger partial charge in [0.05, 0.1) is 33.3 Å². The van der Waals surface area contributed by atoms with Crippen molar-refractivity contribution in [1.82, 2.24) is 14.5 Å². The summed E-state index contributed by atoms with van der Waals surface area (Å²) in [5, 5.41) is 11.1. The lowest BCUT2D eigenvalue weighted by atomic mass is 10.1. The number of benzene rings is 2. The van der Waals surface area contributed by atoms with E-state index in [4.69, 9.17) is 18.9 Å². The Hall–Kier alpha value is -3.21. The van der Waals surface area contributed by atoms with E-state index in [1.54, 1.807) is 19.6 Å². The number of nitrogens with zero attached hydrogens (tertiary/aromatic N) is 3. The third kappa shape index (κ3) is 7.16. The fraction of sp³-hybridized carbons (Fsp3) is 0.423. The van der Waals surface area contributed by atoms with Gasteiger partial charge in [-0.25, -0.2) is 13.8 Å². The van der Waals surface area contributed by atoms with Crippen LogP contribution >= 0.6 is 0 Å². The number of aromatic nitrogens is 2. The van der Waals surface area contributed by atoms with Crippen molar-refractivity contribution in [3.8, 4) is 17.2 Å². The zero-order valence-electron chi connectivity index (χ0n) is 20.2. The minimum Gasteiger partial charge on any atom is -0.493 e. The van der Waals surface area contributed by atoms with Crippen LogP contribution in [-0.2, 0) is 17.8 Å². The Morgan fingerprint density at radius 3 is 2.78 bits per heavy atom. The highest BCUT2D eigenvalue weighted by Crippen LogP contribution is 2.29. The van der Waals surface area contributed by atoms with Gasteiger partial charge in [0.2, 0.25) is 0 Å². The predicted molar refractivity (Wildman–Crippen MR) is 128 cm³/mol. The Morgan fingerprint density at radius 2 is 2.00 bits per heavy atom. The Balaban J connectivity index is 1.32. The quantitative estimate of drug-likeness (QED) is 0.403. The van der Waals surface area contributed by atoms with Crippen LogP contribution in [0.4, 0.5) is 8.78 Å². The molecule has 10 heteroatoms. The maximum absolute atomic E-state index is 13.5. The molecular formula is C26H31F2N3O5. The fourth-order valence-corrected chi connectivity index (χ4v) is 4.04. The SMILES string of the molecule is COc1cc(CN2CCOCC(O)(COc3ccc(F)c(F)c3)C2)ccc1OCCCn1ccnc1. The number of ether oxygens (including phenoxy) is 4. The van der Waals surface area contributed by atoms with E-state index >= 15 is 0 Å². The molecule has 1 fully saturated rings. The van der Waals surface area contributed by atoms with Gasteiger partial charge in [0.1, 0.15) is 18.0 Å². The van der Waals surface area contributed by atoms with Crippen molar-refractivity contribution in [2.24, 2.45) is 0 Å². The van der Waals surface area contributed by atoms with Gasteiger partial charge in [-0.1, -0.05) is 6.07 Å². The summed E-state index contributed by atoms with van der Waals surface area (Å²) in [6.07, 6.45) is 6.28. The molecule has 2 aromatic carbocycles. The van der Waals surface area contributed by atoms with Gasteiger partial charge in [-0.2, -0.15) is 0 Å². The summed E-state index contributed by atoms with van der Waals surface area (Å²) in [5.74, 6) is -0.506. The first-order chi connectivity index (χ1) is 17.4. The summed E-state index contributed by atoms with van der Waals surface area (Å²) in [5.41, 5.74) is -0.326. The molecule has 3 aromatic rings. The Labute approximate surface area is 209 Å². The highest BCUT2D eigenvalue weighted by Gasteiger charge is 2.33. The number of methoxy groups -OCH3 is 1. The van der Waals surface area contributed by atoms with Crippen molar-refractivity contribution in [2.75, 3.05) is 46.6 Å². The lowest BCUT2D eigenvalue weighted by Gasteiger charge is -2.30. The molecule has 0 aliphatic carbocycles. The first-order valence-corrected chi connectivity index (χ1v) is 11.8. The molecule has 0 saturated carbocycles. The first-order valence-electron chi connectivity index (χ1n) is 11.8. The number of rotatable bonds is 11. The Kier molecular flexibility index (Phi) is 8.74. The second kappa shape index (κ2) is 12.2. The zero-order valence-corrected chi connectivity index (χ0v) is 20.2. The molecule has 2 heterocycles. The van der Waals surface area contributed by atoms with Crippen LogP contribution in [0, 0.1) is 11.6 Å². The fourth-order valence-electron chi connectivity index (χ4n) is 4.04. The van der Waals surface area contributed by atoms with Gasteiger partial charge in [0, 0.05) is 44.6 Å². The van der Waals surface area contributed by atoms with Crippen LogP contribution in [-0.4, -0.2) is 71.8 Å². The van der Waals surface area contributed by atoms with E-state index < -0.39 is 17.2 Å². The summed E-state index contributed by atoms with van der Waals surface area (Å²) in [6.45, 7) is 3.21. The van der Waals surface area contributed by atoms with Gasteiger partial charge >= 0.3 is 0 Å². The summed E-state index contributed by atoms with van der Waals surface area (Å²) in [7, 11) is 1.60. The van der Waals surface area contributed by atoms with Crippen LogP contribution in [0.15, 0.2) is 55.1 Å². The second-order valence-corrected chi connectivity index (χ2v) is 8.84. The van der Waals surface area contributed by atoms with Crippen LogP contribution in [0.2, 0.25) is 0 Å². The third-order valence-corrected chi connectivity index (χ3v) is 5.85. The van der Waals surface area contributed by atoms with Crippen molar-refractivity contribution in [3.63, 3.8) is 0 Å². The molecule has 194 valence electrons. The zero-order chi connectivity index (χ0) is 25.4. The van der Waals surface area contributed by atoms with Crippen LogP contribution in [0.1, 0.15) is 12.0 Å². The highest BCUT2D eigenvalue weighted by molar-refractivity contribution is 5.43. The van der Waals surface area contributed by atoms with E-state index in [1.807, 2.05) is 29.0 Å². The van der Waals surface area contributed by atoms with E-state index in [0.717, 1.165) is 30.7 Å². The van der Waals surface area contributed by atoms with Crippen LogP contribution < -0.4 is 14.2 Å². The third-order valence-electron chi connectivity index (χ3n) is 5.85. The van der Waals surface area contributed by atoms with Crippen LogP contribution in [0.3, 0.4) is 0 Å². The molecule has 1 unspecified atom stereocenters. The molecule has 1 saturated heterocycles. The summed E-state index contributed by atoms with van der Waals surface area (Å²) in [6, 6.07) is 9.06. The number of halogens is 2. The molecule has 4 rings (SSSR count). The lowest BCUT2D eigenvalue weighted by Crippen LogP contribution is -2.48. The van der Waals surface area contributed by atoms with E-state index in [9.17, 15) is 13.9 Å². The van der Waals surface area contributed by atoms with Crippen molar-refractivity contribution in [2.45, 2.75) is 25.1 Å². The topological polar surface area (TPSA) is 78.2 Å². The highest BCUT2D eigenvalue weighted by atomic mass is 19.2. The van der Waals surface area contributed by atoms with Gasteiger partial charge in [-0.05, 0) is 36.2 Å². The number of β-amino-alcohol motifs (C(OH)–C–C–N with tert-alkyl or cyclic N) is 1. The first kappa shape index (κ1) is 25.9. The van der Waals surface area contributed by atoms with Gasteiger partial charge in [-0.15, -0.1) is 0 Å². The van der Waals surface area contributed by atoms with Gasteiger partial charge in [0.15, 0.2) is 23.1 Å². The van der Waals surface area contributed by atoms with Crippen molar-refractivity contribution in [3.05, 3.63) is 72.3 Å². The second-order valence-electron chi connectivity index (χ2n) is 8.84. The Bertz CT molecular complexity index is 1110.